The van der Waals surface area contributed by atoms with E-state index in [0.717, 1.165) is 51.4 Å². The lowest BCUT2D eigenvalue weighted by Gasteiger charge is -2.18. The van der Waals surface area contributed by atoms with Gasteiger partial charge in [-0.05, 0) is 19.3 Å². The highest BCUT2D eigenvalue weighted by Gasteiger charge is 2.23. The summed E-state index contributed by atoms with van der Waals surface area (Å²) in [6.07, 6.45) is 17.1. The summed E-state index contributed by atoms with van der Waals surface area (Å²) >= 11 is 0. The molecule has 0 aliphatic rings. The topological polar surface area (TPSA) is 35.5 Å². The molecule has 0 spiro atoms. The third-order valence-corrected chi connectivity index (χ3v) is 6.37. The Balaban J connectivity index is 3.93. The van der Waals surface area contributed by atoms with E-state index in [9.17, 15) is 4.57 Å². The number of rotatable bonds is 19. The Labute approximate surface area is 151 Å². The lowest BCUT2D eigenvalue weighted by molar-refractivity contribution is 0.197. The maximum atomic E-state index is 12.9. The van der Waals surface area contributed by atoms with Crippen LogP contribution >= 0.6 is 7.60 Å². The van der Waals surface area contributed by atoms with Gasteiger partial charge in [0.1, 0.15) is 0 Å². The van der Waals surface area contributed by atoms with Gasteiger partial charge < -0.3 is 9.05 Å². The average Bonchev–Trinajstić information content (AvgIpc) is 2.58. The number of hydrogen-bond acceptors (Lipinski definition) is 3. The van der Waals surface area contributed by atoms with Gasteiger partial charge in [0.2, 0.25) is 0 Å². The molecule has 0 saturated carbocycles. The van der Waals surface area contributed by atoms with Crippen molar-refractivity contribution in [3.63, 3.8) is 0 Å². The van der Waals surface area contributed by atoms with E-state index in [2.05, 4.69) is 20.8 Å². The maximum Gasteiger partial charge on any atom is 0.330 e. The van der Waals surface area contributed by atoms with Gasteiger partial charge in [-0.1, -0.05) is 91.4 Å². The Morgan fingerprint density at radius 3 is 1.38 bits per heavy atom. The van der Waals surface area contributed by atoms with Crippen LogP contribution in [0.5, 0.6) is 0 Å². The summed E-state index contributed by atoms with van der Waals surface area (Å²) in [5.41, 5.74) is 0. The summed E-state index contributed by atoms with van der Waals surface area (Å²) in [6, 6.07) is 0. The lowest BCUT2D eigenvalue weighted by atomic mass is 10.1. The van der Waals surface area contributed by atoms with Crippen LogP contribution in [0, 0.1) is 0 Å². The first kappa shape index (κ1) is 24.1. The quantitative estimate of drug-likeness (QED) is 0.174. The van der Waals surface area contributed by atoms with E-state index in [1.54, 1.807) is 0 Å². The van der Waals surface area contributed by atoms with Crippen LogP contribution in [0.3, 0.4) is 0 Å². The molecule has 0 amide bonds. The first-order chi connectivity index (χ1) is 11.7. The Kier molecular flexibility index (Phi) is 18.1. The van der Waals surface area contributed by atoms with E-state index in [0.29, 0.717) is 19.4 Å². The zero-order valence-electron chi connectivity index (χ0n) is 16.7. The van der Waals surface area contributed by atoms with Gasteiger partial charge in [0.05, 0.1) is 19.4 Å². The number of unbranched alkanes of at least 4 members (excludes halogenated alkanes) is 11. The van der Waals surface area contributed by atoms with Crippen LogP contribution in [0.15, 0.2) is 0 Å². The summed E-state index contributed by atoms with van der Waals surface area (Å²) in [6.45, 7) is 7.74. The Hall–Kier alpha value is 0.150. The van der Waals surface area contributed by atoms with Gasteiger partial charge in [-0.3, -0.25) is 4.57 Å². The lowest BCUT2D eigenvalue weighted by Crippen LogP contribution is -2.03. The maximum absolute atomic E-state index is 12.9. The predicted octanol–water partition coefficient (Wildman–Crippen LogP) is 7.73. The van der Waals surface area contributed by atoms with Crippen molar-refractivity contribution < 1.29 is 13.6 Å². The van der Waals surface area contributed by atoms with Gasteiger partial charge in [-0.15, -0.1) is 0 Å². The fourth-order valence-electron chi connectivity index (χ4n) is 2.72. The molecular weight excluding hydrogens is 319 g/mol. The van der Waals surface area contributed by atoms with Crippen LogP contribution in [0.25, 0.3) is 0 Å². The fraction of sp³-hybridized carbons (Fsp3) is 1.00. The van der Waals surface area contributed by atoms with Crippen molar-refractivity contribution in [2.45, 2.75) is 111 Å². The minimum absolute atomic E-state index is 0.579. The van der Waals surface area contributed by atoms with Crippen LogP contribution in [0.2, 0.25) is 0 Å². The van der Waals surface area contributed by atoms with Gasteiger partial charge in [0.25, 0.3) is 0 Å². The van der Waals surface area contributed by atoms with E-state index < -0.39 is 7.60 Å². The molecule has 0 aliphatic carbocycles. The Bertz CT molecular complexity index is 279. The second kappa shape index (κ2) is 18.0. The highest BCUT2D eigenvalue weighted by molar-refractivity contribution is 7.53. The molecule has 0 bridgehead atoms. The first-order valence-electron chi connectivity index (χ1n) is 10.6. The molecule has 0 N–H and O–H groups in total. The molecule has 0 aromatic carbocycles. The molecule has 0 fully saturated rings. The molecule has 24 heavy (non-hydrogen) atoms. The van der Waals surface area contributed by atoms with Gasteiger partial charge in [-0.25, -0.2) is 0 Å². The van der Waals surface area contributed by atoms with E-state index in [1.165, 1.54) is 38.5 Å². The molecule has 3 nitrogen and oxygen atoms in total. The highest BCUT2D eigenvalue weighted by atomic mass is 31.2. The summed E-state index contributed by atoms with van der Waals surface area (Å²) in [4.78, 5) is 0. The molecule has 0 aromatic rings. The fourth-order valence-corrected chi connectivity index (χ4v) is 4.48. The van der Waals surface area contributed by atoms with E-state index in [-0.39, 0.29) is 0 Å². The third kappa shape index (κ3) is 15.7. The third-order valence-electron chi connectivity index (χ3n) is 4.36. The van der Waals surface area contributed by atoms with Gasteiger partial charge in [0.15, 0.2) is 0 Å². The summed E-state index contributed by atoms with van der Waals surface area (Å²) in [5, 5.41) is 0. The summed E-state index contributed by atoms with van der Waals surface area (Å²) in [5.74, 6) is 0. The molecule has 0 atom stereocenters. The van der Waals surface area contributed by atoms with Crippen molar-refractivity contribution in [1.82, 2.24) is 0 Å². The van der Waals surface area contributed by atoms with Gasteiger partial charge in [0, 0.05) is 0 Å². The van der Waals surface area contributed by atoms with Crippen molar-refractivity contribution in [1.29, 1.82) is 0 Å². The van der Waals surface area contributed by atoms with E-state index in [4.69, 9.17) is 9.05 Å². The zero-order chi connectivity index (χ0) is 17.9. The van der Waals surface area contributed by atoms with Crippen molar-refractivity contribution in [2.75, 3.05) is 19.4 Å². The highest BCUT2D eigenvalue weighted by Crippen LogP contribution is 2.49. The molecule has 0 unspecified atom stereocenters. The second-order valence-corrected chi connectivity index (χ2v) is 9.08. The molecule has 0 aromatic heterocycles. The largest absolute Gasteiger partial charge is 0.330 e. The van der Waals surface area contributed by atoms with Crippen molar-refractivity contribution in [3.8, 4) is 0 Å². The minimum Gasteiger partial charge on any atom is -0.309 e. The van der Waals surface area contributed by atoms with Gasteiger partial charge in [-0.2, -0.15) is 0 Å². The van der Waals surface area contributed by atoms with E-state index >= 15 is 0 Å². The van der Waals surface area contributed by atoms with Crippen LogP contribution in [0.4, 0.5) is 0 Å². The second-order valence-electron chi connectivity index (χ2n) is 6.89. The first-order valence-corrected chi connectivity index (χ1v) is 12.3. The predicted molar refractivity (Wildman–Crippen MR) is 106 cm³/mol. The van der Waals surface area contributed by atoms with Crippen LogP contribution in [-0.2, 0) is 13.6 Å². The molecule has 0 radical (unpaired) electrons. The smallest absolute Gasteiger partial charge is 0.309 e. The van der Waals surface area contributed by atoms with E-state index in [1.807, 2.05) is 0 Å². The monoisotopic (exact) mass is 362 g/mol. The molecule has 0 rings (SSSR count). The van der Waals surface area contributed by atoms with Crippen molar-refractivity contribution in [2.24, 2.45) is 0 Å². The summed E-state index contributed by atoms with van der Waals surface area (Å²) in [7, 11) is -2.87. The standard InChI is InChI=1S/C20H43O3P/c1-4-7-10-11-12-13-14-17-20-24(21,22-18-15-8-5-2)23-19-16-9-6-3/h4-20H2,1-3H3. The Morgan fingerprint density at radius 1 is 0.542 bits per heavy atom. The van der Waals surface area contributed by atoms with Crippen LogP contribution in [0.1, 0.15) is 111 Å². The zero-order valence-corrected chi connectivity index (χ0v) is 17.6. The van der Waals surface area contributed by atoms with Gasteiger partial charge >= 0.3 is 7.60 Å². The minimum atomic E-state index is -2.87. The molecule has 0 saturated heterocycles. The molecule has 0 aliphatic heterocycles. The molecule has 0 heterocycles. The van der Waals surface area contributed by atoms with Crippen molar-refractivity contribution >= 4 is 7.60 Å². The Morgan fingerprint density at radius 2 is 0.917 bits per heavy atom. The van der Waals surface area contributed by atoms with Crippen molar-refractivity contribution in [3.05, 3.63) is 0 Å². The van der Waals surface area contributed by atoms with Crippen LogP contribution < -0.4 is 0 Å². The van der Waals surface area contributed by atoms with Crippen LogP contribution in [-0.4, -0.2) is 19.4 Å². The normalized spacial score (nSPS) is 12.0. The molecular formula is C20H43O3P. The number of hydrogen-bond donors (Lipinski definition) is 0. The SMILES string of the molecule is CCCCCCCCCCP(=O)(OCCCCC)OCCCCC. The molecule has 146 valence electrons. The summed E-state index contributed by atoms with van der Waals surface area (Å²) < 4.78 is 24.3. The average molecular weight is 363 g/mol. The molecule has 4 heteroatoms.